The van der Waals surface area contributed by atoms with Crippen molar-refractivity contribution in [3.05, 3.63) is 86.7 Å². The predicted molar refractivity (Wildman–Crippen MR) is 200 cm³/mol. The molecule has 0 radical (unpaired) electrons. The molecule has 2 unspecified atom stereocenters. The van der Waals surface area contributed by atoms with Crippen LogP contribution in [-0.2, 0) is 55.5 Å². The lowest BCUT2D eigenvalue weighted by molar-refractivity contribution is -0.144. The van der Waals surface area contributed by atoms with Gasteiger partial charge in [0.15, 0.2) is 11.4 Å². The molecule has 1 aliphatic heterocycles. The minimum absolute atomic E-state index is 0.0338. The Morgan fingerprint density at radius 1 is 0.981 bits per heavy atom. The normalized spacial score (nSPS) is 16.3. The molecule has 0 bridgehead atoms. The number of hydrogen-bond acceptors (Lipinski definition) is 9. The van der Waals surface area contributed by atoms with Crippen LogP contribution >= 0.6 is 0 Å². The van der Waals surface area contributed by atoms with Crippen LogP contribution in [0.4, 0.5) is 10.5 Å². The lowest BCUT2D eigenvalue weighted by atomic mass is 9.76. The maximum Gasteiger partial charge on any atom is 0.509 e. The van der Waals surface area contributed by atoms with Crippen molar-refractivity contribution >= 4 is 40.3 Å². The lowest BCUT2D eigenvalue weighted by Gasteiger charge is -2.36. The van der Waals surface area contributed by atoms with E-state index in [0.29, 0.717) is 58.7 Å². The summed E-state index contributed by atoms with van der Waals surface area (Å²) in [6, 6.07) is 12.9. The number of pyridine rings is 2. The van der Waals surface area contributed by atoms with Gasteiger partial charge in [-0.25, -0.2) is 9.78 Å². The molecule has 2 atom stereocenters. The Labute approximate surface area is 307 Å². The Kier molecular flexibility index (Phi) is 11.0. The van der Waals surface area contributed by atoms with E-state index in [9.17, 15) is 29.1 Å². The number of nitrogens with zero attached hydrogens (tertiary/aromatic N) is 2. The van der Waals surface area contributed by atoms with E-state index >= 15 is 0 Å². The third kappa shape index (κ3) is 7.27. The van der Waals surface area contributed by atoms with Gasteiger partial charge in [0.25, 0.3) is 5.56 Å². The molecule has 3 N–H and O–H groups in total. The van der Waals surface area contributed by atoms with Gasteiger partial charge in [-0.2, -0.15) is 0 Å². The van der Waals surface area contributed by atoms with Gasteiger partial charge in [-0.15, -0.1) is 0 Å². The topological polar surface area (TPSA) is 166 Å². The summed E-state index contributed by atoms with van der Waals surface area (Å²) in [6.07, 6.45) is 3.56. The summed E-state index contributed by atoms with van der Waals surface area (Å²) < 4.78 is 13.1. The Morgan fingerprint density at radius 2 is 1.75 bits per heavy atom. The molecule has 0 spiro atoms. The first-order valence-electron chi connectivity index (χ1n) is 18.5. The van der Waals surface area contributed by atoms with E-state index in [1.807, 2.05) is 6.92 Å². The fraction of sp³-hybridized carbons (Fsp3) is 0.415. The number of anilines is 1. The van der Waals surface area contributed by atoms with Crippen LogP contribution in [0.5, 0.6) is 5.75 Å². The number of unbranched alkanes of at least 4 members (excludes halogenated alkanes) is 2. The second-order valence-electron chi connectivity index (χ2n) is 13.7. The fourth-order valence-electron chi connectivity index (χ4n) is 7.50. The van der Waals surface area contributed by atoms with Crippen molar-refractivity contribution in [1.82, 2.24) is 14.9 Å². The molecule has 6 rings (SSSR count). The smallest absolute Gasteiger partial charge is 0.508 e. The highest BCUT2D eigenvalue weighted by molar-refractivity contribution is 5.97. The van der Waals surface area contributed by atoms with E-state index in [2.05, 4.69) is 17.6 Å². The highest BCUT2D eigenvalue weighted by atomic mass is 16.7. The number of benzene rings is 2. The van der Waals surface area contributed by atoms with Gasteiger partial charge in [-0.3, -0.25) is 19.2 Å². The molecule has 1 aliphatic carbocycles. The van der Waals surface area contributed by atoms with Gasteiger partial charge >= 0.3 is 6.16 Å². The van der Waals surface area contributed by atoms with E-state index in [4.69, 9.17) is 14.5 Å². The van der Waals surface area contributed by atoms with Gasteiger partial charge < -0.3 is 29.8 Å². The Balaban J connectivity index is 1.19. The largest absolute Gasteiger partial charge is 0.509 e. The number of Topliss-reactive ketones (excluding diaryl/α,β-unsaturated/α-hetero) is 1. The first-order chi connectivity index (χ1) is 25.5. The lowest BCUT2D eigenvalue weighted by Crippen LogP contribution is -2.46. The van der Waals surface area contributed by atoms with Crippen molar-refractivity contribution in [2.45, 2.75) is 110 Å². The third-order valence-electron chi connectivity index (χ3n) is 10.4. The average molecular weight is 723 g/mol. The first kappa shape index (κ1) is 37.2. The summed E-state index contributed by atoms with van der Waals surface area (Å²) >= 11 is 0. The zero-order valence-corrected chi connectivity index (χ0v) is 30.7. The maximum atomic E-state index is 14.0. The third-order valence-corrected chi connectivity index (χ3v) is 10.4. The number of hydrogen-bond donors (Lipinski definition) is 3. The fourth-order valence-corrected chi connectivity index (χ4v) is 7.50. The summed E-state index contributed by atoms with van der Waals surface area (Å²) in [5, 5.41) is 16.6. The van der Waals surface area contributed by atoms with Gasteiger partial charge in [0, 0.05) is 40.6 Å². The average Bonchev–Trinajstić information content (AvgIpc) is 3.52. The van der Waals surface area contributed by atoms with Crippen LogP contribution < -0.4 is 16.2 Å². The molecular weight excluding hydrogens is 676 g/mol. The van der Waals surface area contributed by atoms with Gasteiger partial charge in [0.1, 0.15) is 18.4 Å². The quantitative estimate of drug-likeness (QED) is 0.0899. The molecule has 12 heteroatoms. The molecule has 0 fully saturated rings. The molecule has 3 heterocycles. The number of rotatable bonds is 13. The van der Waals surface area contributed by atoms with Crippen molar-refractivity contribution in [2.24, 2.45) is 0 Å². The second kappa shape index (κ2) is 15.6. The molecule has 2 aliphatic rings. The first-order valence-corrected chi connectivity index (χ1v) is 18.5. The minimum atomic E-state index is -1.71. The highest BCUT2D eigenvalue weighted by Gasteiger charge is 2.48. The summed E-state index contributed by atoms with van der Waals surface area (Å²) in [6.45, 7) is 7.72. The standard InChI is InChI=1S/C41H46N4O8/c1-5-9-10-11-33(43-36(48)7-3)38(49)42-25-14-12-24(13-15-25)23-52-40(51)53-41(8-4)31-21-34-37-30(22-45(34)39(50)28(31)17-19-35(41)47)27(6-2)29-20-26(46)16-18-32(29)44-37/h12-16,18,20-21,33,46H,5-11,17,19,22-23H2,1-4H3,(H,42,49)(H,43,48). The summed E-state index contributed by atoms with van der Waals surface area (Å²) in [5.41, 5.74) is 3.68. The van der Waals surface area contributed by atoms with Gasteiger partial charge in [0.05, 0.1) is 23.4 Å². The van der Waals surface area contributed by atoms with E-state index in [1.54, 1.807) is 66.9 Å². The van der Waals surface area contributed by atoms with Crippen LogP contribution in [0.15, 0.2) is 53.3 Å². The van der Waals surface area contributed by atoms with Crippen molar-refractivity contribution < 1.29 is 33.8 Å². The van der Waals surface area contributed by atoms with E-state index < -0.39 is 17.8 Å². The molecule has 53 heavy (non-hydrogen) atoms. The summed E-state index contributed by atoms with van der Waals surface area (Å²) in [4.78, 5) is 70.9. The number of carbonyl (C=O) groups is 4. The van der Waals surface area contributed by atoms with E-state index in [0.717, 1.165) is 35.8 Å². The molecule has 2 aromatic carbocycles. The molecule has 278 valence electrons. The van der Waals surface area contributed by atoms with Crippen molar-refractivity contribution in [2.75, 3.05) is 5.32 Å². The molecule has 12 nitrogen and oxygen atoms in total. The number of phenolic OH excluding ortho intramolecular Hbond substituents is 1. The zero-order valence-electron chi connectivity index (χ0n) is 30.7. The summed E-state index contributed by atoms with van der Waals surface area (Å²) in [5.74, 6) is -0.673. The molecular formula is C41H46N4O8. The number of carbonyl (C=O) groups excluding carboxylic acids is 4. The second-order valence-corrected chi connectivity index (χ2v) is 13.7. The van der Waals surface area contributed by atoms with Crippen LogP contribution in [0.1, 0.15) is 100 Å². The monoisotopic (exact) mass is 722 g/mol. The number of ether oxygens (including phenoxy) is 2. The Morgan fingerprint density at radius 3 is 2.45 bits per heavy atom. The van der Waals surface area contributed by atoms with Crippen molar-refractivity contribution in [1.29, 1.82) is 0 Å². The summed E-state index contributed by atoms with van der Waals surface area (Å²) in [7, 11) is 0. The maximum absolute atomic E-state index is 14.0. The number of amides is 2. The number of aryl methyl sites for hydroxylation is 1. The van der Waals surface area contributed by atoms with Gasteiger partial charge in [-0.05, 0) is 73.2 Å². The van der Waals surface area contributed by atoms with E-state index in [-0.39, 0.29) is 61.2 Å². The van der Waals surface area contributed by atoms with Gasteiger partial charge in [-0.1, -0.05) is 59.1 Å². The number of ketones is 1. The number of nitrogens with one attached hydrogen (secondary N) is 2. The number of aromatic nitrogens is 2. The van der Waals surface area contributed by atoms with E-state index in [1.165, 1.54) is 0 Å². The Hall–Kier alpha value is -5.52. The van der Waals surface area contributed by atoms with Crippen molar-refractivity contribution in [3.63, 3.8) is 0 Å². The highest BCUT2D eigenvalue weighted by Crippen LogP contribution is 2.43. The minimum Gasteiger partial charge on any atom is -0.508 e. The van der Waals surface area contributed by atoms with Crippen LogP contribution in [0, 0.1) is 0 Å². The number of fused-ring (bicyclic) bond motifs is 5. The Bertz CT molecular complexity index is 2140. The molecule has 2 aromatic heterocycles. The predicted octanol–water partition coefficient (Wildman–Crippen LogP) is 6.58. The van der Waals surface area contributed by atoms with Gasteiger partial charge in [0.2, 0.25) is 11.8 Å². The molecule has 0 saturated carbocycles. The number of aromatic hydroxyl groups is 1. The number of phenols is 1. The zero-order chi connectivity index (χ0) is 37.9. The van der Waals surface area contributed by atoms with Crippen LogP contribution in [-0.4, -0.2) is 44.5 Å². The molecule has 0 saturated heterocycles. The SMILES string of the molecule is CCCCCC(NC(=O)CC)C(=O)Nc1ccc(COC(=O)OC2(CC)C(=O)CCc3c2cc2n(c3=O)Cc3c-2nc2ccc(O)cc2c3CC)cc1. The van der Waals surface area contributed by atoms with Crippen LogP contribution in [0.2, 0.25) is 0 Å². The molecule has 2 amide bonds. The molecule has 4 aromatic rings. The van der Waals surface area contributed by atoms with Crippen LogP contribution in [0.3, 0.4) is 0 Å². The van der Waals surface area contributed by atoms with Crippen LogP contribution in [0.25, 0.3) is 22.3 Å². The van der Waals surface area contributed by atoms with Crippen molar-refractivity contribution in [3.8, 4) is 17.1 Å².